The van der Waals surface area contributed by atoms with Crippen molar-refractivity contribution in [2.24, 2.45) is 0 Å². The molecule has 3 nitrogen and oxygen atoms in total. The highest BCUT2D eigenvalue weighted by Crippen LogP contribution is 2.13. The molecule has 1 aromatic carbocycles. The van der Waals surface area contributed by atoms with E-state index in [1.165, 1.54) is 0 Å². The van der Waals surface area contributed by atoms with E-state index in [1.807, 2.05) is 0 Å². The van der Waals surface area contributed by atoms with Crippen molar-refractivity contribution in [3.63, 3.8) is 0 Å². The number of unbranched alkanes of at least 4 members (excludes halogenated alkanes) is 2. The van der Waals surface area contributed by atoms with Crippen LogP contribution < -0.4 is 0 Å². The summed E-state index contributed by atoms with van der Waals surface area (Å²) in [6.07, 6.45) is 3.75. The number of phenolic OH excluding ortho intramolecular Hbond substituents is 1. The molecule has 0 radical (unpaired) electrons. The van der Waals surface area contributed by atoms with Crippen LogP contribution in [0.1, 0.15) is 36.0 Å². The average molecular weight is 235 g/mol. The Kier molecular flexibility index (Phi) is 5.70. The molecule has 0 aliphatic carbocycles. The molecule has 1 N–H and O–H groups in total. The van der Waals surface area contributed by atoms with Gasteiger partial charge in [-0.3, -0.25) is 4.79 Å². The van der Waals surface area contributed by atoms with Gasteiger partial charge < -0.3 is 10.0 Å². The molecule has 0 atom stereocenters. The summed E-state index contributed by atoms with van der Waals surface area (Å²) in [7, 11) is 4.11. The number of ketones is 1. The van der Waals surface area contributed by atoms with Crippen LogP contribution in [0.25, 0.3) is 0 Å². The van der Waals surface area contributed by atoms with Gasteiger partial charge in [0.15, 0.2) is 5.78 Å². The zero-order chi connectivity index (χ0) is 12.7. The van der Waals surface area contributed by atoms with Crippen LogP contribution in [0.2, 0.25) is 0 Å². The lowest BCUT2D eigenvalue weighted by Crippen LogP contribution is -2.12. The predicted molar refractivity (Wildman–Crippen MR) is 69.5 cm³/mol. The second-order valence-corrected chi connectivity index (χ2v) is 4.58. The Hall–Kier alpha value is -1.35. The predicted octanol–water partition coefficient (Wildman–Crippen LogP) is 2.70. The normalized spacial score (nSPS) is 10.8. The van der Waals surface area contributed by atoms with Gasteiger partial charge in [-0.05, 0) is 57.7 Å². The molecule has 0 spiro atoms. The summed E-state index contributed by atoms with van der Waals surface area (Å²) in [6.45, 7) is 1.08. The molecule has 0 amide bonds. The molecular weight excluding hydrogens is 214 g/mol. The molecule has 0 aromatic heterocycles. The van der Waals surface area contributed by atoms with Crippen LogP contribution in [0.5, 0.6) is 5.75 Å². The number of hydrogen-bond donors (Lipinski definition) is 1. The number of Topliss-reactive ketones (excluding diaryl/α,β-unsaturated/α-hetero) is 1. The van der Waals surface area contributed by atoms with Gasteiger partial charge in [-0.25, -0.2) is 0 Å². The summed E-state index contributed by atoms with van der Waals surface area (Å²) >= 11 is 0. The zero-order valence-corrected chi connectivity index (χ0v) is 10.6. The standard InChI is InChI=1S/C14H21NO2/c1-15(2)11-5-3-4-6-14(17)12-7-9-13(16)10-8-12/h7-10,16H,3-6,11H2,1-2H3. The monoisotopic (exact) mass is 235 g/mol. The van der Waals surface area contributed by atoms with Gasteiger partial charge in [0.05, 0.1) is 0 Å². The summed E-state index contributed by atoms with van der Waals surface area (Å²) in [5, 5.41) is 9.12. The smallest absolute Gasteiger partial charge is 0.162 e. The van der Waals surface area contributed by atoms with Crippen LogP contribution in [0.15, 0.2) is 24.3 Å². The van der Waals surface area contributed by atoms with Crippen LogP contribution >= 0.6 is 0 Å². The van der Waals surface area contributed by atoms with E-state index in [1.54, 1.807) is 24.3 Å². The van der Waals surface area contributed by atoms with E-state index in [-0.39, 0.29) is 11.5 Å². The van der Waals surface area contributed by atoms with Crippen LogP contribution in [0, 0.1) is 0 Å². The largest absolute Gasteiger partial charge is 0.508 e. The first-order chi connectivity index (χ1) is 8.09. The first kappa shape index (κ1) is 13.7. The number of nitrogens with zero attached hydrogens (tertiary/aromatic N) is 1. The second-order valence-electron chi connectivity index (χ2n) is 4.58. The molecule has 3 heteroatoms. The SMILES string of the molecule is CN(C)CCCCCC(=O)c1ccc(O)cc1. The molecular formula is C14H21NO2. The molecule has 94 valence electrons. The minimum Gasteiger partial charge on any atom is -0.508 e. The number of carbonyl (C=O) groups excluding carboxylic acids is 1. The summed E-state index contributed by atoms with van der Waals surface area (Å²) in [6, 6.07) is 6.47. The third kappa shape index (κ3) is 5.50. The zero-order valence-electron chi connectivity index (χ0n) is 10.6. The molecule has 0 fully saturated rings. The minimum atomic E-state index is 0.162. The Morgan fingerprint density at radius 1 is 1.12 bits per heavy atom. The molecule has 1 rings (SSSR count). The fourth-order valence-electron chi connectivity index (χ4n) is 1.68. The van der Waals surface area contributed by atoms with E-state index in [2.05, 4.69) is 19.0 Å². The molecule has 0 heterocycles. The van der Waals surface area contributed by atoms with Crippen LogP contribution in [0.4, 0.5) is 0 Å². The van der Waals surface area contributed by atoms with Crippen molar-refractivity contribution in [1.29, 1.82) is 0 Å². The maximum absolute atomic E-state index is 11.8. The van der Waals surface area contributed by atoms with Gasteiger partial charge in [-0.1, -0.05) is 6.42 Å². The Labute approximate surface area is 103 Å². The Balaban J connectivity index is 2.23. The summed E-state index contributed by atoms with van der Waals surface area (Å²) < 4.78 is 0. The highest BCUT2D eigenvalue weighted by molar-refractivity contribution is 5.96. The van der Waals surface area contributed by atoms with Crippen molar-refractivity contribution < 1.29 is 9.90 Å². The lowest BCUT2D eigenvalue weighted by molar-refractivity contribution is 0.0979. The number of carbonyl (C=O) groups is 1. The van der Waals surface area contributed by atoms with E-state index in [9.17, 15) is 4.79 Å². The molecule has 0 unspecified atom stereocenters. The van der Waals surface area contributed by atoms with Gasteiger partial charge in [0.25, 0.3) is 0 Å². The average Bonchev–Trinajstić information content (AvgIpc) is 2.29. The van der Waals surface area contributed by atoms with Gasteiger partial charge >= 0.3 is 0 Å². The molecule has 0 bridgehead atoms. The molecule has 0 saturated heterocycles. The number of aromatic hydroxyl groups is 1. The van der Waals surface area contributed by atoms with Gasteiger partial charge in [0.1, 0.15) is 5.75 Å². The van der Waals surface area contributed by atoms with Crippen molar-refractivity contribution in [2.75, 3.05) is 20.6 Å². The summed E-state index contributed by atoms with van der Waals surface area (Å²) in [5.41, 5.74) is 0.690. The van der Waals surface area contributed by atoms with E-state index >= 15 is 0 Å². The van der Waals surface area contributed by atoms with Crippen molar-refractivity contribution >= 4 is 5.78 Å². The molecule has 0 aliphatic rings. The van der Waals surface area contributed by atoms with Gasteiger partial charge in [-0.2, -0.15) is 0 Å². The Bertz CT molecular complexity index is 344. The maximum atomic E-state index is 11.8. The first-order valence-corrected chi connectivity index (χ1v) is 6.06. The number of rotatable bonds is 7. The number of phenols is 1. The van der Waals surface area contributed by atoms with Crippen molar-refractivity contribution in [2.45, 2.75) is 25.7 Å². The van der Waals surface area contributed by atoms with Crippen molar-refractivity contribution in [3.05, 3.63) is 29.8 Å². The summed E-state index contributed by atoms with van der Waals surface area (Å²) in [5.74, 6) is 0.363. The van der Waals surface area contributed by atoms with E-state index in [0.29, 0.717) is 12.0 Å². The third-order valence-corrected chi connectivity index (χ3v) is 2.70. The lowest BCUT2D eigenvalue weighted by atomic mass is 10.0. The molecule has 0 aliphatic heterocycles. The maximum Gasteiger partial charge on any atom is 0.162 e. The minimum absolute atomic E-state index is 0.162. The first-order valence-electron chi connectivity index (χ1n) is 6.06. The van der Waals surface area contributed by atoms with Crippen LogP contribution in [-0.2, 0) is 0 Å². The molecule has 0 saturated carbocycles. The van der Waals surface area contributed by atoms with Crippen LogP contribution in [0.3, 0.4) is 0 Å². The fraction of sp³-hybridized carbons (Fsp3) is 0.500. The molecule has 17 heavy (non-hydrogen) atoms. The Morgan fingerprint density at radius 2 is 1.76 bits per heavy atom. The fourth-order valence-corrected chi connectivity index (χ4v) is 1.68. The highest BCUT2D eigenvalue weighted by Gasteiger charge is 2.05. The van der Waals surface area contributed by atoms with Crippen molar-refractivity contribution in [3.8, 4) is 5.75 Å². The van der Waals surface area contributed by atoms with E-state index in [4.69, 9.17) is 5.11 Å². The van der Waals surface area contributed by atoms with Crippen LogP contribution in [-0.4, -0.2) is 36.4 Å². The van der Waals surface area contributed by atoms with Gasteiger partial charge in [0, 0.05) is 12.0 Å². The highest BCUT2D eigenvalue weighted by atomic mass is 16.3. The van der Waals surface area contributed by atoms with E-state index in [0.717, 1.165) is 25.8 Å². The van der Waals surface area contributed by atoms with Crippen molar-refractivity contribution in [1.82, 2.24) is 4.90 Å². The lowest BCUT2D eigenvalue weighted by Gasteiger charge is -2.08. The molecule has 1 aromatic rings. The second kappa shape index (κ2) is 7.07. The summed E-state index contributed by atoms with van der Waals surface area (Å²) in [4.78, 5) is 13.9. The van der Waals surface area contributed by atoms with Gasteiger partial charge in [-0.15, -0.1) is 0 Å². The topological polar surface area (TPSA) is 40.5 Å². The number of benzene rings is 1. The third-order valence-electron chi connectivity index (χ3n) is 2.70. The quantitative estimate of drug-likeness (QED) is 0.583. The number of hydrogen-bond acceptors (Lipinski definition) is 3. The Morgan fingerprint density at radius 3 is 2.35 bits per heavy atom. The van der Waals surface area contributed by atoms with Gasteiger partial charge in [0.2, 0.25) is 0 Å². The van der Waals surface area contributed by atoms with E-state index < -0.39 is 0 Å².